The monoisotopic (exact) mass is 734 g/mol. The number of hydrogen-bond acceptors (Lipinski definition) is 15. The zero-order chi connectivity index (χ0) is 39.0. The van der Waals surface area contributed by atoms with Crippen LogP contribution < -0.4 is 0 Å². The van der Waals surface area contributed by atoms with Crippen LogP contribution >= 0.6 is 0 Å². The summed E-state index contributed by atoms with van der Waals surface area (Å²) in [6, 6.07) is -0.336. The standard InChI is InChI=1S/C36H66N2O13/c1-13-24-36(10,45)29(40)19(4)26(37-46)17(2)15-35(9,44)31(51-33-27(39)23(38(11)12)14-18(3)47-33)20(5)28(21(6)32(42)49-24)50-25-16-34(8,43)30(41)22(7)48-25/h17-25,27-31,33,39-41,43-46H,13-16H2,1-12H3/b37-26+/t17-,18-,19+,20+,21-,22+,23+,24-,25+,27-,28+,29-,30+,31-,33-,34-,35-,36-/m1/s1. The third-order valence-electron chi connectivity index (χ3n) is 11.5. The van der Waals surface area contributed by atoms with Crippen LogP contribution in [0.1, 0.15) is 94.9 Å². The molecule has 298 valence electrons. The lowest BCUT2D eigenvalue weighted by molar-refractivity contribution is -0.316. The highest BCUT2D eigenvalue weighted by Crippen LogP contribution is 2.40. The summed E-state index contributed by atoms with van der Waals surface area (Å²) in [5.41, 5.74) is -5.27. The molecule has 0 aromatic carbocycles. The fraction of sp³-hybridized carbons (Fsp3) is 0.944. The van der Waals surface area contributed by atoms with Crippen molar-refractivity contribution in [1.29, 1.82) is 0 Å². The molecule has 3 heterocycles. The summed E-state index contributed by atoms with van der Waals surface area (Å²) in [6.45, 7) is 16.1. The largest absolute Gasteiger partial charge is 0.459 e. The van der Waals surface area contributed by atoms with E-state index in [9.17, 15) is 40.6 Å². The topological polar surface area (TPSA) is 220 Å². The van der Waals surface area contributed by atoms with Gasteiger partial charge in [0.05, 0.1) is 53.4 Å². The number of aliphatic hydroxyl groups is 6. The number of oxime groups is 1. The van der Waals surface area contributed by atoms with E-state index in [1.165, 1.54) is 20.8 Å². The smallest absolute Gasteiger partial charge is 0.311 e. The van der Waals surface area contributed by atoms with Gasteiger partial charge >= 0.3 is 5.97 Å². The Hall–Kier alpha value is -1.50. The van der Waals surface area contributed by atoms with E-state index in [-0.39, 0.29) is 37.1 Å². The van der Waals surface area contributed by atoms with E-state index in [0.29, 0.717) is 6.42 Å². The Kier molecular flexibility index (Phi) is 14.5. The van der Waals surface area contributed by atoms with E-state index < -0.39 is 102 Å². The first-order chi connectivity index (χ1) is 23.4. The Morgan fingerprint density at radius 2 is 1.49 bits per heavy atom. The Balaban J connectivity index is 2.20. The van der Waals surface area contributed by atoms with E-state index in [2.05, 4.69) is 5.16 Å². The predicted molar refractivity (Wildman–Crippen MR) is 186 cm³/mol. The van der Waals surface area contributed by atoms with E-state index in [0.717, 1.165) is 0 Å². The number of carbonyl (C=O) groups excluding carboxylic acids is 1. The average molecular weight is 735 g/mol. The number of rotatable bonds is 6. The van der Waals surface area contributed by atoms with Crippen molar-refractivity contribution in [3.63, 3.8) is 0 Å². The van der Waals surface area contributed by atoms with Crippen LogP contribution in [-0.2, 0) is 28.5 Å². The lowest BCUT2D eigenvalue weighted by atomic mass is 9.73. The Morgan fingerprint density at radius 3 is 2.02 bits per heavy atom. The van der Waals surface area contributed by atoms with Crippen LogP contribution in [0.2, 0.25) is 0 Å². The van der Waals surface area contributed by atoms with Crippen molar-refractivity contribution in [1.82, 2.24) is 4.90 Å². The van der Waals surface area contributed by atoms with Gasteiger partial charge in [0, 0.05) is 30.2 Å². The molecule has 0 aromatic heterocycles. The SMILES string of the molecule is CC[C@H]1OC(=O)[C@H](C)[C@@H](O[C@H]2C[C@@](C)(O)[C@@H](O)[C@H](C)O2)[C@H](C)[C@@H](O[C@H]2O[C@H](C)C[C@H](N(C)C)[C@H]2O)[C@](C)(O)C[C@@H](C)/C(=N\O)[C@H](C)[C@@H](O)[C@]1(C)O. The van der Waals surface area contributed by atoms with Gasteiger partial charge in [-0.2, -0.15) is 0 Å². The molecule has 3 aliphatic rings. The molecule has 7 N–H and O–H groups in total. The zero-order valence-electron chi connectivity index (χ0n) is 32.5. The third-order valence-corrected chi connectivity index (χ3v) is 11.5. The lowest BCUT2D eigenvalue weighted by Gasteiger charge is -2.48. The van der Waals surface area contributed by atoms with Crippen LogP contribution in [0.25, 0.3) is 0 Å². The molecule has 0 unspecified atom stereocenters. The van der Waals surface area contributed by atoms with Gasteiger partial charge in [0.15, 0.2) is 12.6 Å². The first kappa shape index (κ1) is 43.9. The maximum Gasteiger partial charge on any atom is 0.311 e. The Labute approximate surface area is 302 Å². The predicted octanol–water partition coefficient (Wildman–Crippen LogP) is 1.39. The van der Waals surface area contributed by atoms with Gasteiger partial charge in [-0.05, 0) is 74.9 Å². The van der Waals surface area contributed by atoms with E-state index in [1.807, 2.05) is 25.9 Å². The fourth-order valence-corrected chi connectivity index (χ4v) is 8.42. The molecule has 18 atom stereocenters. The number of hydrogen-bond donors (Lipinski definition) is 7. The summed E-state index contributed by atoms with van der Waals surface area (Å²) < 4.78 is 31.1. The average Bonchev–Trinajstić information content (AvgIpc) is 3.02. The van der Waals surface area contributed by atoms with Gasteiger partial charge in [0.1, 0.15) is 23.9 Å². The molecule has 0 spiro atoms. The summed E-state index contributed by atoms with van der Waals surface area (Å²) in [7, 11) is 3.68. The second-order valence-corrected chi connectivity index (χ2v) is 16.4. The maximum atomic E-state index is 14.1. The summed E-state index contributed by atoms with van der Waals surface area (Å²) in [6.07, 6.45) is -10.5. The second-order valence-electron chi connectivity index (χ2n) is 16.4. The molecule has 0 bridgehead atoms. The molecule has 0 saturated carbocycles. The maximum absolute atomic E-state index is 14.1. The van der Waals surface area contributed by atoms with Crippen molar-refractivity contribution in [3.05, 3.63) is 0 Å². The van der Waals surface area contributed by atoms with Gasteiger partial charge < -0.3 is 64.4 Å². The highest BCUT2D eigenvalue weighted by Gasteiger charge is 2.53. The van der Waals surface area contributed by atoms with Gasteiger partial charge in [-0.3, -0.25) is 4.79 Å². The number of ether oxygens (including phenoxy) is 5. The summed E-state index contributed by atoms with van der Waals surface area (Å²) in [4.78, 5) is 15.9. The number of esters is 1. The second kappa shape index (κ2) is 16.9. The number of likely N-dealkylation sites (N-methyl/N-ethyl adjacent to an activating group) is 1. The van der Waals surface area contributed by atoms with E-state index in [4.69, 9.17) is 23.7 Å². The first-order valence-corrected chi connectivity index (χ1v) is 18.3. The number of nitrogens with zero attached hydrogens (tertiary/aromatic N) is 2. The van der Waals surface area contributed by atoms with Gasteiger partial charge in [-0.25, -0.2) is 0 Å². The van der Waals surface area contributed by atoms with Gasteiger partial charge in [-0.15, -0.1) is 0 Å². The molecule has 51 heavy (non-hydrogen) atoms. The van der Waals surface area contributed by atoms with Crippen LogP contribution in [0.15, 0.2) is 5.16 Å². The highest BCUT2D eigenvalue weighted by molar-refractivity contribution is 5.88. The lowest BCUT2D eigenvalue weighted by Crippen LogP contribution is -2.61. The number of aliphatic hydroxyl groups excluding tert-OH is 3. The molecule has 3 rings (SSSR count). The molecule has 0 amide bonds. The zero-order valence-corrected chi connectivity index (χ0v) is 32.5. The Morgan fingerprint density at radius 1 is 0.882 bits per heavy atom. The first-order valence-electron chi connectivity index (χ1n) is 18.3. The quantitative estimate of drug-likeness (QED) is 0.117. The molecular formula is C36H66N2O13. The molecule has 0 aliphatic carbocycles. The van der Waals surface area contributed by atoms with Crippen molar-refractivity contribution in [2.24, 2.45) is 28.8 Å². The van der Waals surface area contributed by atoms with Crippen molar-refractivity contribution in [2.75, 3.05) is 14.1 Å². The third kappa shape index (κ3) is 9.60. The van der Waals surface area contributed by atoms with Crippen LogP contribution in [0.3, 0.4) is 0 Å². The molecule has 0 aromatic rings. The minimum Gasteiger partial charge on any atom is -0.459 e. The molecule has 3 fully saturated rings. The molecule has 15 nitrogen and oxygen atoms in total. The number of cyclic esters (lactones) is 1. The van der Waals surface area contributed by atoms with Crippen LogP contribution in [0.5, 0.6) is 0 Å². The van der Waals surface area contributed by atoms with E-state index >= 15 is 0 Å². The summed E-state index contributed by atoms with van der Waals surface area (Å²) in [5.74, 6) is -4.38. The van der Waals surface area contributed by atoms with Crippen molar-refractivity contribution in [2.45, 2.75) is 179 Å². The molecule has 0 radical (unpaired) electrons. The Bertz CT molecular complexity index is 1180. The van der Waals surface area contributed by atoms with Crippen LogP contribution in [-0.4, -0.2) is 151 Å². The summed E-state index contributed by atoms with van der Waals surface area (Å²) >= 11 is 0. The van der Waals surface area contributed by atoms with Crippen molar-refractivity contribution >= 4 is 11.7 Å². The van der Waals surface area contributed by atoms with Crippen molar-refractivity contribution < 1.29 is 64.3 Å². The van der Waals surface area contributed by atoms with Gasteiger partial charge in [0.25, 0.3) is 0 Å². The minimum absolute atomic E-state index is 0.0866. The number of carbonyl (C=O) groups is 1. The molecular weight excluding hydrogens is 668 g/mol. The van der Waals surface area contributed by atoms with Gasteiger partial charge in [0.2, 0.25) is 0 Å². The van der Waals surface area contributed by atoms with Gasteiger partial charge in [-0.1, -0.05) is 32.9 Å². The molecule has 15 heteroatoms. The van der Waals surface area contributed by atoms with Crippen LogP contribution in [0.4, 0.5) is 0 Å². The molecule has 3 aliphatic heterocycles. The minimum atomic E-state index is -1.98. The highest BCUT2D eigenvalue weighted by atomic mass is 16.7. The molecule has 3 saturated heterocycles. The van der Waals surface area contributed by atoms with Crippen molar-refractivity contribution in [3.8, 4) is 0 Å². The fourth-order valence-electron chi connectivity index (χ4n) is 8.42. The normalized spacial score (nSPS) is 50.5. The van der Waals surface area contributed by atoms with Crippen LogP contribution in [0, 0.1) is 23.7 Å². The summed E-state index contributed by atoms with van der Waals surface area (Å²) in [5, 5.41) is 82.3. The van der Waals surface area contributed by atoms with E-state index in [1.54, 1.807) is 41.5 Å².